The minimum Gasteiger partial charge on any atom is -0.494 e. The molecule has 2 N–H and O–H groups in total. The van der Waals surface area contributed by atoms with E-state index in [2.05, 4.69) is 32.0 Å². The first-order valence-corrected chi connectivity index (χ1v) is 7.82. The zero-order valence-corrected chi connectivity index (χ0v) is 12.9. The fraction of sp³-hybridized carbons (Fsp3) is 0.294. The van der Waals surface area contributed by atoms with Crippen LogP contribution in [-0.4, -0.2) is 12.4 Å². The van der Waals surface area contributed by atoms with Gasteiger partial charge in [0.2, 0.25) is 0 Å². The van der Waals surface area contributed by atoms with E-state index in [0.717, 1.165) is 30.2 Å². The molecule has 20 heavy (non-hydrogen) atoms. The first-order valence-electron chi connectivity index (χ1n) is 6.83. The molecule has 0 saturated carbocycles. The molecule has 0 bridgehead atoms. The Hall–Kier alpha value is -1.61. The predicted octanol–water partition coefficient (Wildman–Crippen LogP) is 4.45. The number of rotatable bonds is 6. The highest BCUT2D eigenvalue weighted by molar-refractivity contribution is 7.99. The molecule has 2 nitrogen and oxygen atoms in total. The largest absolute Gasteiger partial charge is 0.494 e. The molecule has 2 aromatic carbocycles. The second kappa shape index (κ2) is 7.25. The monoisotopic (exact) mass is 287 g/mol. The Bertz CT molecular complexity index is 569. The van der Waals surface area contributed by atoms with Gasteiger partial charge in [0, 0.05) is 16.3 Å². The van der Waals surface area contributed by atoms with Crippen LogP contribution in [-0.2, 0) is 0 Å². The number of hydrogen-bond donors (Lipinski definition) is 1. The molecule has 0 saturated heterocycles. The first kappa shape index (κ1) is 14.8. The highest BCUT2D eigenvalue weighted by atomic mass is 32.2. The molecule has 0 aliphatic rings. The van der Waals surface area contributed by atoms with Gasteiger partial charge in [-0.1, -0.05) is 18.2 Å². The highest BCUT2D eigenvalue weighted by Gasteiger charge is 2.00. The van der Waals surface area contributed by atoms with Gasteiger partial charge in [0.05, 0.1) is 6.61 Å². The molecule has 106 valence electrons. The van der Waals surface area contributed by atoms with E-state index in [-0.39, 0.29) is 0 Å². The Labute approximate surface area is 125 Å². The number of nitrogen functional groups attached to an aromatic ring is 1. The van der Waals surface area contributed by atoms with Crippen molar-refractivity contribution in [3.8, 4) is 5.75 Å². The highest BCUT2D eigenvalue weighted by Crippen LogP contribution is 2.25. The van der Waals surface area contributed by atoms with Gasteiger partial charge >= 0.3 is 0 Å². The van der Waals surface area contributed by atoms with Gasteiger partial charge in [0.15, 0.2) is 0 Å². The predicted molar refractivity (Wildman–Crippen MR) is 87.6 cm³/mol. The van der Waals surface area contributed by atoms with Gasteiger partial charge in [-0.3, -0.25) is 0 Å². The average Bonchev–Trinajstić information content (AvgIpc) is 2.42. The summed E-state index contributed by atoms with van der Waals surface area (Å²) in [5.41, 5.74) is 9.15. The molecule has 2 rings (SSSR count). The topological polar surface area (TPSA) is 35.2 Å². The van der Waals surface area contributed by atoms with Crippen LogP contribution in [0.3, 0.4) is 0 Å². The maximum absolute atomic E-state index is 5.81. The number of thioether (sulfide) groups is 1. The molecular formula is C17H21NOS. The van der Waals surface area contributed by atoms with Crippen LogP contribution >= 0.6 is 11.8 Å². The van der Waals surface area contributed by atoms with Crippen molar-refractivity contribution in [3.05, 3.63) is 53.6 Å². The second-order valence-electron chi connectivity index (χ2n) is 4.89. The first-order chi connectivity index (χ1) is 9.65. The third-order valence-corrected chi connectivity index (χ3v) is 4.26. The van der Waals surface area contributed by atoms with E-state index >= 15 is 0 Å². The standard InChI is InChI=1S/C17H21NOS/c1-13-5-3-6-16(11-13)19-9-4-10-20-17-12-15(18)8-7-14(17)2/h3,5-8,11-12H,4,9-10,18H2,1-2H3. The van der Waals surface area contributed by atoms with Crippen molar-refractivity contribution < 1.29 is 4.74 Å². The van der Waals surface area contributed by atoms with Gasteiger partial charge < -0.3 is 10.5 Å². The third kappa shape index (κ3) is 4.49. The Morgan fingerprint density at radius 2 is 1.95 bits per heavy atom. The summed E-state index contributed by atoms with van der Waals surface area (Å²) in [5.74, 6) is 1.99. The Morgan fingerprint density at radius 3 is 2.75 bits per heavy atom. The van der Waals surface area contributed by atoms with Crippen molar-refractivity contribution in [1.29, 1.82) is 0 Å². The van der Waals surface area contributed by atoms with Crippen LogP contribution in [0.2, 0.25) is 0 Å². The summed E-state index contributed by atoms with van der Waals surface area (Å²) in [5, 5.41) is 0. The minimum absolute atomic E-state index is 0.748. The van der Waals surface area contributed by atoms with Crippen LogP contribution in [0, 0.1) is 13.8 Å². The quantitative estimate of drug-likeness (QED) is 0.484. The van der Waals surface area contributed by atoms with E-state index in [1.54, 1.807) is 0 Å². The molecule has 0 aliphatic carbocycles. The lowest BCUT2D eigenvalue weighted by Gasteiger charge is -2.08. The van der Waals surface area contributed by atoms with Gasteiger partial charge in [-0.2, -0.15) is 0 Å². The Morgan fingerprint density at radius 1 is 1.10 bits per heavy atom. The zero-order chi connectivity index (χ0) is 14.4. The molecule has 0 heterocycles. The Kier molecular flexibility index (Phi) is 5.36. The third-order valence-electron chi connectivity index (χ3n) is 3.02. The molecule has 0 aromatic heterocycles. The number of ether oxygens (including phenoxy) is 1. The van der Waals surface area contributed by atoms with Crippen LogP contribution in [0.4, 0.5) is 5.69 Å². The van der Waals surface area contributed by atoms with Crippen molar-refractivity contribution in [2.45, 2.75) is 25.2 Å². The fourth-order valence-electron chi connectivity index (χ4n) is 1.91. The SMILES string of the molecule is Cc1cccc(OCCCSc2cc(N)ccc2C)c1. The summed E-state index contributed by atoms with van der Waals surface area (Å²) in [6.07, 6.45) is 1.02. The van der Waals surface area contributed by atoms with Gasteiger partial charge in [-0.05, 0) is 55.7 Å². The number of hydrogen-bond acceptors (Lipinski definition) is 3. The summed E-state index contributed by atoms with van der Waals surface area (Å²) >= 11 is 1.84. The maximum atomic E-state index is 5.81. The van der Waals surface area contributed by atoms with E-state index in [1.807, 2.05) is 36.0 Å². The minimum atomic E-state index is 0.748. The molecule has 0 spiro atoms. The van der Waals surface area contributed by atoms with Crippen molar-refractivity contribution in [2.24, 2.45) is 0 Å². The normalized spacial score (nSPS) is 10.5. The number of anilines is 1. The number of nitrogens with two attached hydrogens (primary N) is 1. The van der Waals surface area contributed by atoms with E-state index in [4.69, 9.17) is 10.5 Å². The molecule has 2 aromatic rings. The van der Waals surface area contributed by atoms with Crippen molar-refractivity contribution in [3.63, 3.8) is 0 Å². The molecular weight excluding hydrogens is 266 g/mol. The smallest absolute Gasteiger partial charge is 0.119 e. The summed E-state index contributed by atoms with van der Waals surface area (Å²) in [7, 11) is 0. The van der Waals surface area contributed by atoms with E-state index < -0.39 is 0 Å². The molecule has 0 aliphatic heterocycles. The lowest BCUT2D eigenvalue weighted by Crippen LogP contribution is -1.99. The van der Waals surface area contributed by atoms with Crippen molar-refractivity contribution in [1.82, 2.24) is 0 Å². The van der Waals surface area contributed by atoms with Gasteiger partial charge in [0.25, 0.3) is 0 Å². The molecule has 0 amide bonds. The van der Waals surface area contributed by atoms with Gasteiger partial charge in [0.1, 0.15) is 5.75 Å². The van der Waals surface area contributed by atoms with Crippen LogP contribution in [0.1, 0.15) is 17.5 Å². The van der Waals surface area contributed by atoms with E-state index in [0.29, 0.717) is 0 Å². The molecule has 0 radical (unpaired) electrons. The zero-order valence-electron chi connectivity index (χ0n) is 12.1. The summed E-state index contributed by atoms with van der Waals surface area (Å²) in [6.45, 7) is 4.94. The lowest BCUT2D eigenvalue weighted by atomic mass is 10.2. The second-order valence-corrected chi connectivity index (χ2v) is 6.03. The summed E-state index contributed by atoms with van der Waals surface area (Å²) < 4.78 is 5.74. The van der Waals surface area contributed by atoms with Gasteiger partial charge in [-0.15, -0.1) is 11.8 Å². The fourth-order valence-corrected chi connectivity index (χ4v) is 2.91. The number of benzene rings is 2. The van der Waals surface area contributed by atoms with Gasteiger partial charge in [-0.25, -0.2) is 0 Å². The lowest BCUT2D eigenvalue weighted by molar-refractivity contribution is 0.318. The van der Waals surface area contributed by atoms with Crippen LogP contribution in [0.15, 0.2) is 47.4 Å². The van der Waals surface area contributed by atoms with E-state index in [1.165, 1.54) is 16.0 Å². The summed E-state index contributed by atoms with van der Waals surface area (Å²) in [4.78, 5) is 1.26. The Balaban J connectivity index is 1.73. The molecule has 3 heteroatoms. The molecule has 0 fully saturated rings. The number of aryl methyl sites for hydroxylation is 2. The van der Waals surface area contributed by atoms with Crippen molar-refractivity contribution in [2.75, 3.05) is 18.1 Å². The average molecular weight is 287 g/mol. The maximum Gasteiger partial charge on any atom is 0.119 e. The molecule has 0 atom stereocenters. The summed E-state index contributed by atoms with van der Waals surface area (Å²) in [6, 6.07) is 14.2. The van der Waals surface area contributed by atoms with Crippen LogP contribution in [0.25, 0.3) is 0 Å². The molecule has 0 unspecified atom stereocenters. The van der Waals surface area contributed by atoms with Crippen LogP contribution < -0.4 is 10.5 Å². The van der Waals surface area contributed by atoms with E-state index in [9.17, 15) is 0 Å². The van der Waals surface area contributed by atoms with Crippen LogP contribution in [0.5, 0.6) is 5.75 Å². The van der Waals surface area contributed by atoms with Crippen molar-refractivity contribution >= 4 is 17.4 Å².